The summed E-state index contributed by atoms with van der Waals surface area (Å²) in [6.07, 6.45) is 5.61. The van der Waals surface area contributed by atoms with Crippen LogP contribution in [-0.4, -0.2) is 65.3 Å². The zero-order chi connectivity index (χ0) is 17.8. The summed E-state index contributed by atoms with van der Waals surface area (Å²) in [4.78, 5) is 25.8. The van der Waals surface area contributed by atoms with Crippen molar-refractivity contribution in [3.8, 4) is 12.0 Å². The molecule has 9 nitrogen and oxygen atoms in total. The van der Waals surface area contributed by atoms with E-state index < -0.39 is 0 Å². The second kappa shape index (κ2) is 7.45. The number of anilines is 2. The highest BCUT2D eigenvalue weighted by molar-refractivity contribution is 5.35. The average Bonchev–Trinajstić information content (AvgIpc) is 2.67. The lowest BCUT2D eigenvalue weighted by molar-refractivity contribution is 0.338. The van der Waals surface area contributed by atoms with Crippen LogP contribution in [0.5, 0.6) is 12.0 Å². The largest absolute Gasteiger partial charge is 0.467 e. The minimum absolute atomic E-state index is 0.258. The quantitative estimate of drug-likeness (QED) is 0.790. The van der Waals surface area contributed by atoms with E-state index in [0.717, 1.165) is 37.4 Å². The molecule has 2 aromatic heterocycles. The van der Waals surface area contributed by atoms with Gasteiger partial charge in [-0.15, -0.1) is 4.98 Å². The Morgan fingerprint density at radius 2 is 1.56 bits per heavy atom. The van der Waals surface area contributed by atoms with E-state index in [-0.39, 0.29) is 12.0 Å². The van der Waals surface area contributed by atoms with Crippen LogP contribution in [0, 0.1) is 6.92 Å². The monoisotopic (exact) mass is 345 g/mol. The van der Waals surface area contributed by atoms with Crippen LogP contribution >= 0.6 is 0 Å². The molecule has 0 spiro atoms. The van der Waals surface area contributed by atoms with Gasteiger partial charge in [-0.1, -0.05) is 0 Å². The number of aryl methyl sites for hydroxylation is 1. The van der Waals surface area contributed by atoms with E-state index >= 15 is 0 Å². The number of rotatable bonds is 5. The van der Waals surface area contributed by atoms with E-state index in [1.807, 2.05) is 26.4 Å². The molecule has 3 heterocycles. The minimum atomic E-state index is 0.258. The molecule has 3 rings (SSSR count). The highest BCUT2D eigenvalue weighted by atomic mass is 16.5. The Labute approximate surface area is 147 Å². The Bertz CT molecular complexity index is 680. The Morgan fingerprint density at radius 1 is 1.00 bits per heavy atom. The molecule has 0 unspecified atom stereocenters. The number of aromatic nitrogens is 5. The topological polar surface area (TPSA) is 89.4 Å². The fourth-order valence-corrected chi connectivity index (χ4v) is 2.84. The van der Waals surface area contributed by atoms with Gasteiger partial charge in [0.2, 0.25) is 11.9 Å². The maximum Gasteiger partial charge on any atom is 0.324 e. The molecule has 9 heteroatoms. The Balaban J connectivity index is 1.66. The van der Waals surface area contributed by atoms with E-state index in [4.69, 9.17) is 9.47 Å². The summed E-state index contributed by atoms with van der Waals surface area (Å²) < 4.78 is 10.2. The third kappa shape index (κ3) is 3.86. The Hall–Kier alpha value is -2.71. The average molecular weight is 345 g/mol. The second-order valence-corrected chi connectivity index (χ2v) is 6.00. The molecule has 0 amide bonds. The van der Waals surface area contributed by atoms with Crippen molar-refractivity contribution in [2.75, 3.05) is 44.2 Å². The van der Waals surface area contributed by atoms with Gasteiger partial charge in [0.25, 0.3) is 0 Å². The molecule has 0 aliphatic carbocycles. The molecule has 0 radical (unpaired) electrons. The summed E-state index contributed by atoms with van der Waals surface area (Å²) in [6.45, 7) is 3.65. The molecule has 134 valence electrons. The maximum absolute atomic E-state index is 5.12. The standard InChI is InChI=1S/C16H23N7O2/c1-11-9-17-13(18-10-11)22(2)12-5-7-23(8-6-12)14-19-15(24-3)21-16(20-14)25-4/h9-10,12H,5-8H2,1-4H3. The Kier molecular flexibility index (Phi) is 5.11. The van der Waals surface area contributed by atoms with Crippen molar-refractivity contribution in [1.29, 1.82) is 0 Å². The van der Waals surface area contributed by atoms with Crippen LogP contribution in [0.4, 0.5) is 11.9 Å². The van der Waals surface area contributed by atoms with Gasteiger partial charge in [0.15, 0.2) is 0 Å². The number of nitrogens with zero attached hydrogens (tertiary/aromatic N) is 7. The molecule has 0 bridgehead atoms. The van der Waals surface area contributed by atoms with E-state index in [0.29, 0.717) is 12.0 Å². The molecule has 1 fully saturated rings. The van der Waals surface area contributed by atoms with Gasteiger partial charge in [-0.05, 0) is 25.3 Å². The fraction of sp³-hybridized carbons (Fsp3) is 0.562. The minimum Gasteiger partial charge on any atom is -0.467 e. The summed E-state index contributed by atoms with van der Waals surface area (Å²) in [6, 6.07) is 0.896. The lowest BCUT2D eigenvalue weighted by atomic mass is 10.0. The smallest absolute Gasteiger partial charge is 0.324 e. The second-order valence-electron chi connectivity index (χ2n) is 6.00. The van der Waals surface area contributed by atoms with Crippen molar-refractivity contribution in [3.05, 3.63) is 18.0 Å². The lowest BCUT2D eigenvalue weighted by Crippen LogP contribution is -2.44. The highest BCUT2D eigenvalue weighted by Crippen LogP contribution is 2.23. The molecule has 1 saturated heterocycles. The normalized spacial score (nSPS) is 15.1. The molecule has 0 N–H and O–H groups in total. The Morgan fingerprint density at radius 3 is 2.08 bits per heavy atom. The van der Waals surface area contributed by atoms with Crippen molar-refractivity contribution in [2.45, 2.75) is 25.8 Å². The highest BCUT2D eigenvalue weighted by Gasteiger charge is 2.26. The molecule has 0 aromatic carbocycles. The molecule has 1 aliphatic rings. The van der Waals surface area contributed by atoms with Crippen molar-refractivity contribution in [2.24, 2.45) is 0 Å². The van der Waals surface area contributed by atoms with Crippen LogP contribution in [0.15, 0.2) is 12.4 Å². The molecule has 0 saturated carbocycles. The number of ether oxygens (including phenoxy) is 2. The van der Waals surface area contributed by atoms with Crippen LogP contribution in [0.2, 0.25) is 0 Å². The number of hydrogen-bond acceptors (Lipinski definition) is 9. The predicted molar refractivity (Wildman–Crippen MR) is 93.3 cm³/mol. The van der Waals surface area contributed by atoms with Gasteiger partial charge in [0.1, 0.15) is 0 Å². The van der Waals surface area contributed by atoms with Crippen molar-refractivity contribution in [1.82, 2.24) is 24.9 Å². The van der Waals surface area contributed by atoms with Crippen LogP contribution in [0.3, 0.4) is 0 Å². The molecular formula is C16H23N7O2. The van der Waals surface area contributed by atoms with E-state index in [2.05, 4.69) is 34.7 Å². The SMILES string of the molecule is COc1nc(OC)nc(N2CCC(N(C)c3ncc(C)cn3)CC2)n1. The molecule has 1 aliphatic heterocycles. The van der Waals surface area contributed by atoms with Gasteiger partial charge in [-0.25, -0.2) is 9.97 Å². The first-order chi connectivity index (χ1) is 12.1. The molecular weight excluding hydrogens is 322 g/mol. The first-order valence-electron chi connectivity index (χ1n) is 8.21. The van der Waals surface area contributed by atoms with Gasteiger partial charge in [0.05, 0.1) is 14.2 Å². The number of hydrogen-bond donors (Lipinski definition) is 0. The first-order valence-corrected chi connectivity index (χ1v) is 8.21. The summed E-state index contributed by atoms with van der Waals surface area (Å²) in [5, 5.41) is 0. The van der Waals surface area contributed by atoms with Gasteiger partial charge in [0, 0.05) is 38.6 Å². The third-order valence-electron chi connectivity index (χ3n) is 4.33. The third-order valence-corrected chi connectivity index (χ3v) is 4.33. The van der Waals surface area contributed by atoms with E-state index in [1.165, 1.54) is 14.2 Å². The van der Waals surface area contributed by atoms with Gasteiger partial charge < -0.3 is 19.3 Å². The lowest BCUT2D eigenvalue weighted by Gasteiger charge is -2.36. The van der Waals surface area contributed by atoms with E-state index in [9.17, 15) is 0 Å². The van der Waals surface area contributed by atoms with Crippen molar-refractivity contribution in [3.63, 3.8) is 0 Å². The summed E-state index contributed by atoms with van der Waals surface area (Å²) >= 11 is 0. The summed E-state index contributed by atoms with van der Waals surface area (Å²) in [7, 11) is 5.10. The van der Waals surface area contributed by atoms with Crippen LogP contribution in [-0.2, 0) is 0 Å². The van der Waals surface area contributed by atoms with Gasteiger partial charge in [-0.2, -0.15) is 9.97 Å². The van der Waals surface area contributed by atoms with Crippen molar-refractivity contribution >= 4 is 11.9 Å². The molecule has 0 atom stereocenters. The van der Waals surface area contributed by atoms with E-state index in [1.54, 1.807) is 0 Å². The fourth-order valence-electron chi connectivity index (χ4n) is 2.84. The summed E-state index contributed by atoms with van der Waals surface area (Å²) in [5.41, 5.74) is 1.06. The van der Waals surface area contributed by atoms with Crippen LogP contribution in [0.25, 0.3) is 0 Å². The summed E-state index contributed by atoms with van der Waals surface area (Å²) in [5.74, 6) is 1.34. The zero-order valence-electron chi connectivity index (χ0n) is 15.0. The van der Waals surface area contributed by atoms with Crippen LogP contribution < -0.4 is 19.3 Å². The number of piperidine rings is 1. The van der Waals surface area contributed by atoms with Gasteiger partial charge >= 0.3 is 12.0 Å². The molecule has 25 heavy (non-hydrogen) atoms. The zero-order valence-corrected chi connectivity index (χ0v) is 15.0. The molecule has 2 aromatic rings. The predicted octanol–water partition coefficient (Wildman–Crippen LogP) is 1.09. The maximum atomic E-state index is 5.12. The van der Waals surface area contributed by atoms with Crippen LogP contribution in [0.1, 0.15) is 18.4 Å². The van der Waals surface area contributed by atoms with Crippen molar-refractivity contribution < 1.29 is 9.47 Å². The number of methoxy groups -OCH3 is 2. The first kappa shape index (κ1) is 17.1. The van der Waals surface area contributed by atoms with Gasteiger partial charge in [-0.3, -0.25) is 0 Å².